The number of methoxy groups -OCH3 is 1. The Kier molecular flexibility index (Phi) is 9.72. The van der Waals surface area contributed by atoms with Crippen molar-refractivity contribution in [1.82, 2.24) is 19.7 Å². The van der Waals surface area contributed by atoms with Crippen LogP contribution in [0.3, 0.4) is 0 Å². The fourth-order valence-corrected chi connectivity index (χ4v) is 5.56. The molecule has 3 aromatic rings. The number of hydrogen-bond acceptors (Lipinski definition) is 11. The Hall–Kier alpha value is -3.42. The SMILES string of the molecule is CCN(CC)c1ccc2cc(C=C(C#N)S(=O)(=O)NCc3cn(CC4OC(OC)C(O)C(O)C4O)nn3)ccc2c1. The average molecular weight is 587 g/mol. The first kappa shape index (κ1) is 30.5. The molecule has 0 bridgehead atoms. The molecular formula is C27H34N6O7S. The maximum absolute atomic E-state index is 12.9. The molecule has 5 unspecified atom stereocenters. The van der Waals surface area contributed by atoms with Gasteiger partial charge in [-0.25, -0.2) is 17.8 Å². The van der Waals surface area contributed by atoms with Crippen molar-refractivity contribution in [1.29, 1.82) is 5.26 Å². The zero-order valence-corrected chi connectivity index (χ0v) is 23.8. The number of aliphatic hydroxyl groups is 3. The van der Waals surface area contributed by atoms with Crippen molar-refractivity contribution in [3.63, 3.8) is 0 Å². The molecule has 13 nitrogen and oxygen atoms in total. The van der Waals surface area contributed by atoms with Gasteiger partial charge in [0.05, 0.1) is 18.8 Å². The molecule has 0 aliphatic carbocycles. The van der Waals surface area contributed by atoms with Gasteiger partial charge in [-0.2, -0.15) is 5.26 Å². The molecule has 41 heavy (non-hydrogen) atoms. The molecule has 0 spiro atoms. The molecule has 2 aromatic carbocycles. The Morgan fingerprint density at radius 2 is 1.85 bits per heavy atom. The number of nitrogens with zero attached hydrogens (tertiary/aromatic N) is 5. The number of fused-ring (bicyclic) bond motifs is 1. The van der Waals surface area contributed by atoms with Crippen LogP contribution in [0.5, 0.6) is 0 Å². The van der Waals surface area contributed by atoms with Crippen LogP contribution in [0, 0.1) is 11.3 Å². The Morgan fingerprint density at radius 3 is 2.54 bits per heavy atom. The fraction of sp³-hybridized carbons (Fsp3) is 0.444. The summed E-state index contributed by atoms with van der Waals surface area (Å²) in [6.07, 6.45) is -3.69. The summed E-state index contributed by atoms with van der Waals surface area (Å²) in [6, 6.07) is 13.3. The summed E-state index contributed by atoms with van der Waals surface area (Å²) in [6.45, 7) is 5.66. The van der Waals surface area contributed by atoms with E-state index in [0.717, 1.165) is 29.5 Å². The standard InChI is InChI=1S/C27H34N6O7S/c1-4-32(5-2)21-9-8-18-10-17(6-7-19(18)12-21)11-22(13-28)41(37,38)29-14-20-15-33(31-30-20)16-23-24(34)25(35)26(36)27(39-3)40-23/h6-12,15,23-27,29,34-36H,4-5,14,16H2,1-3H3. The number of sulfonamides is 1. The van der Waals surface area contributed by atoms with Crippen LogP contribution in [0.4, 0.5) is 5.69 Å². The second kappa shape index (κ2) is 13.0. The zero-order chi connectivity index (χ0) is 29.7. The minimum absolute atomic E-state index is 0.0493. The van der Waals surface area contributed by atoms with Crippen LogP contribution in [0.25, 0.3) is 16.8 Å². The summed E-state index contributed by atoms with van der Waals surface area (Å²) < 4.78 is 40.0. The summed E-state index contributed by atoms with van der Waals surface area (Å²) in [5.74, 6) is 0. The first-order chi connectivity index (χ1) is 19.6. The van der Waals surface area contributed by atoms with Crippen LogP contribution in [0.1, 0.15) is 25.1 Å². The monoisotopic (exact) mass is 586 g/mol. The molecule has 1 saturated heterocycles. The Morgan fingerprint density at radius 1 is 1.15 bits per heavy atom. The maximum Gasteiger partial charge on any atom is 0.251 e. The van der Waals surface area contributed by atoms with Crippen molar-refractivity contribution in [2.24, 2.45) is 0 Å². The molecule has 0 radical (unpaired) electrons. The highest BCUT2D eigenvalue weighted by Gasteiger charge is 2.44. The Labute approximate surface area is 238 Å². The maximum atomic E-state index is 12.9. The van der Waals surface area contributed by atoms with Crippen LogP contribution in [0.2, 0.25) is 0 Å². The smallest absolute Gasteiger partial charge is 0.251 e. The molecule has 0 amide bonds. The first-order valence-corrected chi connectivity index (χ1v) is 14.6. The van der Waals surface area contributed by atoms with E-state index in [1.165, 1.54) is 24.1 Å². The topological polar surface area (TPSA) is 183 Å². The van der Waals surface area contributed by atoms with Gasteiger partial charge in [0.1, 0.15) is 30.5 Å². The third-order valence-corrected chi connectivity index (χ3v) is 8.28. The van der Waals surface area contributed by atoms with Crippen molar-refractivity contribution in [2.75, 3.05) is 25.1 Å². The minimum atomic E-state index is -4.17. The molecule has 0 saturated carbocycles. The van der Waals surface area contributed by atoms with E-state index in [0.29, 0.717) is 5.56 Å². The van der Waals surface area contributed by atoms with E-state index >= 15 is 0 Å². The van der Waals surface area contributed by atoms with Crippen molar-refractivity contribution in [3.05, 3.63) is 58.8 Å². The highest BCUT2D eigenvalue weighted by atomic mass is 32.2. The third-order valence-electron chi connectivity index (χ3n) is 6.97. The quantitative estimate of drug-likeness (QED) is 0.232. The van der Waals surface area contributed by atoms with Crippen molar-refractivity contribution in [2.45, 2.75) is 57.6 Å². The summed E-state index contributed by atoms with van der Waals surface area (Å²) in [5, 5.41) is 49.5. The van der Waals surface area contributed by atoms with Crippen molar-refractivity contribution in [3.8, 4) is 6.07 Å². The van der Waals surface area contributed by atoms with E-state index in [9.17, 15) is 29.0 Å². The molecule has 1 aliphatic rings. The number of anilines is 1. The summed E-state index contributed by atoms with van der Waals surface area (Å²) >= 11 is 0. The number of benzene rings is 2. The second-order valence-corrected chi connectivity index (χ2v) is 11.3. The van der Waals surface area contributed by atoms with Crippen LogP contribution in [-0.2, 0) is 32.6 Å². The lowest BCUT2D eigenvalue weighted by molar-refractivity contribution is -0.292. The van der Waals surface area contributed by atoms with E-state index in [4.69, 9.17) is 9.47 Å². The number of nitrogens with one attached hydrogen (secondary N) is 1. The number of hydrogen-bond donors (Lipinski definition) is 4. The van der Waals surface area contributed by atoms with E-state index in [-0.39, 0.29) is 18.8 Å². The average Bonchev–Trinajstić information content (AvgIpc) is 3.43. The van der Waals surface area contributed by atoms with E-state index in [2.05, 4.69) is 39.8 Å². The lowest BCUT2D eigenvalue weighted by Gasteiger charge is -2.39. The lowest BCUT2D eigenvalue weighted by atomic mass is 9.99. The molecule has 1 aliphatic heterocycles. The van der Waals surface area contributed by atoms with Gasteiger partial charge in [0, 0.05) is 32.1 Å². The summed E-state index contributed by atoms with van der Waals surface area (Å²) in [5.41, 5.74) is 1.91. The predicted molar refractivity (Wildman–Crippen MR) is 151 cm³/mol. The van der Waals surface area contributed by atoms with Crippen LogP contribution >= 0.6 is 0 Å². The van der Waals surface area contributed by atoms with Crippen molar-refractivity contribution >= 4 is 32.6 Å². The van der Waals surface area contributed by atoms with Gasteiger partial charge in [-0.1, -0.05) is 23.4 Å². The largest absolute Gasteiger partial charge is 0.388 e. The van der Waals surface area contributed by atoms with E-state index < -0.39 is 45.6 Å². The molecule has 220 valence electrons. The molecular weight excluding hydrogens is 552 g/mol. The van der Waals surface area contributed by atoms with Gasteiger partial charge < -0.3 is 29.7 Å². The van der Waals surface area contributed by atoms with Gasteiger partial charge in [-0.05, 0) is 54.5 Å². The third kappa shape index (κ3) is 6.91. The molecule has 1 fully saturated rings. The number of rotatable bonds is 11. The van der Waals surface area contributed by atoms with Gasteiger partial charge >= 0.3 is 0 Å². The van der Waals surface area contributed by atoms with E-state index in [1.807, 2.05) is 24.3 Å². The molecule has 14 heteroatoms. The lowest BCUT2D eigenvalue weighted by Crippen LogP contribution is -2.58. The van der Waals surface area contributed by atoms with Gasteiger partial charge in [-0.3, -0.25) is 0 Å². The van der Waals surface area contributed by atoms with Crippen LogP contribution in [-0.4, -0.2) is 89.6 Å². The van der Waals surface area contributed by atoms with Gasteiger partial charge in [-0.15, -0.1) is 5.10 Å². The van der Waals surface area contributed by atoms with E-state index in [1.54, 1.807) is 12.1 Å². The highest BCUT2D eigenvalue weighted by molar-refractivity contribution is 7.93. The predicted octanol–water partition coefficient (Wildman–Crippen LogP) is 0.716. The van der Waals surface area contributed by atoms with Crippen LogP contribution in [0.15, 0.2) is 47.5 Å². The Bertz CT molecular complexity index is 1530. The Balaban J connectivity index is 1.43. The molecule has 4 N–H and O–H groups in total. The molecule has 5 atom stereocenters. The normalized spacial score (nSPS) is 23.4. The number of aliphatic hydroxyl groups excluding tert-OH is 3. The van der Waals surface area contributed by atoms with Gasteiger partial charge in [0.25, 0.3) is 10.0 Å². The summed E-state index contributed by atoms with van der Waals surface area (Å²) in [4.78, 5) is 1.78. The van der Waals surface area contributed by atoms with Gasteiger partial charge in [0.15, 0.2) is 11.2 Å². The number of ether oxygens (including phenoxy) is 2. The number of allylic oxidation sites excluding steroid dienone is 1. The fourth-order valence-electron chi connectivity index (χ4n) is 4.65. The summed E-state index contributed by atoms with van der Waals surface area (Å²) in [7, 11) is -2.88. The molecule has 2 heterocycles. The van der Waals surface area contributed by atoms with Gasteiger partial charge in [0.2, 0.25) is 0 Å². The molecule has 1 aromatic heterocycles. The number of aromatic nitrogens is 3. The molecule has 4 rings (SSSR count). The first-order valence-electron chi connectivity index (χ1n) is 13.1. The number of nitriles is 1. The minimum Gasteiger partial charge on any atom is -0.388 e. The highest BCUT2D eigenvalue weighted by Crippen LogP contribution is 2.25. The second-order valence-electron chi connectivity index (χ2n) is 9.59. The van der Waals surface area contributed by atoms with Crippen molar-refractivity contribution < 1.29 is 33.2 Å². The zero-order valence-electron chi connectivity index (χ0n) is 23.0. The van der Waals surface area contributed by atoms with Crippen LogP contribution < -0.4 is 9.62 Å².